The SMILES string of the molecule is CC1=N/C(=C/c2ccccc2)C(=O)N1c1nnc(-c2ccccc2)s1. The summed E-state index contributed by atoms with van der Waals surface area (Å²) in [5.74, 6) is 0.417. The van der Waals surface area contributed by atoms with Gasteiger partial charge in [-0.25, -0.2) is 9.89 Å². The van der Waals surface area contributed by atoms with E-state index in [2.05, 4.69) is 15.2 Å². The summed E-state index contributed by atoms with van der Waals surface area (Å²) in [4.78, 5) is 18.7. The molecule has 2 heterocycles. The molecular formula is C19H14N4OS. The van der Waals surface area contributed by atoms with Gasteiger partial charge in [0.25, 0.3) is 5.91 Å². The van der Waals surface area contributed by atoms with E-state index in [-0.39, 0.29) is 5.91 Å². The Bertz CT molecular complexity index is 977. The third-order valence-electron chi connectivity index (χ3n) is 3.76. The first-order valence-electron chi connectivity index (χ1n) is 7.78. The Balaban J connectivity index is 1.64. The van der Waals surface area contributed by atoms with Gasteiger partial charge in [-0.15, -0.1) is 10.2 Å². The first-order valence-corrected chi connectivity index (χ1v) is 8.59. The first kappa shape index (κ1) is 15.4. The Morgan fingerprint density at radius 3 is 2.36 bits per heavy atom. The van der Waals surface area contributed by atoms with E-state index in [1.807, 2.05) is 60.7 Å². The van der Waals surface area contributed by atoms with Crippen molar-refractivity contribution in [3.8, 4) is 10.6 Å². The molecular weight excluding hydrogens is 332 g/mol. The average Bonchev–Trinajstić information content (AvgIpc) is 3.22. The summed E-state index contributed by atoms with van der Waals surface area (Å²) < 4.78 is 0. The fourth-order valence-electron chi connectivity index (χ4n) is 2.56. The molecule has 0 saturated carbocycles. The van der Waals surface area contributed by atoms with Crippen molar-refractivity contribution in [2.45, 2.75) is 6.92 Å². The molecule has 0 fully saturated rings. The monoisotopic (exact) mass is 346 g/mol. The molecule has 25 heavy (non-hydrogen) atoms. The molecule has 0 atom stereocenters. The van der Waals surface area contributed by atoms with Crippen LogP contribution in [0.15, 0.2) is 71.4 Å². The summed E-state index contributed by atoms with van der Waals surface area (Å²) >= 11 is 1.37. The second-order valence-corrected chi connectivity index (χ2v) is 6.45. The van der Waals surface area contributed by atoms with Crippen molar-refractivity contribution in [3.63, 3.8) is 0 Å². The van der Waals surface area contributed by atoms with E-state index in [9.17, 15) is 4.79 Å². The van der Waals surface area contributed by atoms with Crippen LogP contribution in [-0.2, 0) is 4.79 Å². The number of amidine groups is 1. The number of aromatic nitrogens is 2. The van der Waals surface area contributed by atoms with E-state index >= 15 is 0 Å². The van der Waals surface area contributed by atoms with E-state index in [1.165, 1.54) is 16.2 Å². The van der Waals surface area contributed by atoms with Crippen LogP contribution in [0.5, 0.6) is 0 Å². The molecule has 0 spiro atoms. The van der Waals surface area contributed by atoms with Crippen LogP contribution in [0.25, 0.3) is 16.6 Å². The van der Waals surface area contributed by atoms with E-state index in [1.54, 1.807) is 13.0 Å². The maximum Gasteiger partial charge on any atom is 0.284 e. The molecule has 1 aliphatic rings. The summed E-state index contributed by atoms with van der Waals surface area (Å²) in [6, 6.07) is 19.5. The lowest BCUT2D eigenvalue weighted by Crippen LogP contribution is -2.30. The van der Waals surface area contributed by atoms with Gasteiger partial charge in [0.05, 0.1) is 0 Å². The number of hydrogen-bond donors (Lipinski definition) is 0. The highest BCUT2D eigenvalue weighted by Crippen LogP contribution is 2.32. The third-order valence-corrected chi connectivity index (χ3v) is 4.71. The Morgan fingerprint density at radius 2 is 1.64 bits per heavy atom. The molecule has 6 heteroatoms. The van der Waals surface area contributed by atoms with Crippen LogP contribution in [0.1, 0.15) is 12.5 Å². The van der Waals surface area contributed by atoms with Gasteiger partial charge < -0.3 is 0 Å². The van der Waals surface area contributed by atoms with Crippen LogP contribution in [0.3, 0.4) is 0 Å². The number of carbonyl (C=O) groups excluding carboxylic acids is 1. The summed E-state index contributed by atoms with van der Waals surface area (Å²) in [5.41, 5.74) is 2.32. The van der Waals surface area contributed by atoms with Gasteiger partial charge in [-0.2, -0.15) is 0 Å². The largest absolute Gasteiger partial charge is 0.284 e. The number of anilines is 1. The van der Waals surface area contributed by atoms with Crippen molar-refractivity contribution in [1.29, 1.82) is 0 Å². The average molecular weight is 346 g/mol. The van der Waals surface area contributed by atoms with E-state index in [0.29, 0.717) is 16.7 Å². The quantitative estimate of drug-likeness (QED) is 0.673. The molecule has 0 bridgehead atoms. The highest BCUT2D eigenvalue weighted by atomic mass is 32.1. The molecule has 3 aromatic rings. The summed E-state index contributed by atoms with van der Waals surface area (Å²) in [6.45, 7) is 1.80. The minimum absolute atomic E-state index is 0.183. The fourth-order valence-corrected chi connectivity index (χ4v) is 3.46. The molecule has 1 amide bonds. The fraction of sp³-hybridized carbons (Fsp3) is 0.0526. The summed E-state index contributed by atoms with van der Waals surface area (Å²) in [6.07, 6.45) is 1.78. The zero-order valence-corrected chi connectivity index (χ0v) is 14.3. The van der Waals surface area contributed by atoms with Crippen LogP contribution in [0.4, 0.5) is 5.13 Å². The zero-order chi connectivity index (χ0) is 17.2. The first-order chi connectivity index (χ1) is 12.2. The normalized spacial score (nSPS) is 15.7. The standard InChI is InChI=1S/C19H14N4OS/c1-13-20-16(12-14-8-4-2-5-9-14)18(24)23(13)19-22-21-17(25-19)15-10-6-3-7-11-15/h2-12H,1H3/b16-12+. The predicted molar refractivity (Wildman–Crippen MR) is 100 cm³/mol. The molecule has 2 aromatic carbocycles. The Morgan fingerprint density at radius 1 is 0.960 bits per heavy atom. The van der Waals surface area contributed by atoms with E-state index in [0.717, 1.165) is 16.1 Å². The number of hydrogen-bond acceptors (Lipinski definition) is 5. The number of amides is 1. The molecule has 0 saturated heterocycles. The predicted octanol–water partition coefficient (Wildman–Crippen LogP) is 4.01. The molecule has 0 N–H and O–H groups in total. The van der Waals surface area contributed by atoms with Gasteiger partial charge in [-0.1, -0.05) is 72.0 Å². The smallest absolute Gasteiger partial charge is 0.266 e. The second-order valence-electron chi connectivity index (χ2n) is 5.50. The van der Waals surface area contributed by atoms with Crippen molar-refractivity contribution in [3.05, 3.63) is 71.9 Å². The molecule has 1 aromatic heterocycles. The maximum atomic E-state index is 12.7. The lowest BCUT2D eigenvalue weighted by atomic mass is 10.2. The number of nitrogens with zero attached hydrogens (tertiary/aromatic N) is 4. The van der Waals surface area contributed by atoms with Gasteiger partial charge >= 0.3 is 0 Å². The van der Waals surface area contributed by atoms with Crippen LogP contribution in [-0.4, -0.2) is 21.9 Å². The van der Waals surface area contributed by atoms with E-state index < -0.39 is 0 Å². The highest BCUT2D eigenvalue weighted by Gasteiger charge is 2.31. The molecule has 5 nitrogen and oxygen atoms in total. The molecule has 1 aliphatic heterocycles. The van der Waals surface area contributed by atoms with Crippen molar-refractivity contribution < 1.29 is 4.79 Å². The lowest BCUT2D eigenvalue weighted by Gasteiger charge is -2.10. The minimum atomic E-state index is -0.183. The van der Waals surface area contributed by atoms with Crippen LogP contribution >= 0.6 is 11.3 Å². The Hall–Kier alpha value is -3.12. The van der Waals surface area contributed by atoms with Crippen LogP contribution < -0.4 is 4.90 Å². The number of rotatable bonds is 3. The van der Waals surface area contributed by atoms with Crippen molar-refractivity contribution in [2.75, 3.05) is 4.90 Å². The van der Waals surface area contributed by atoms with Gasteiger partial charge in [0.15, 0.2) is 0 Å². The Labute approximate surface area is 149 Å². The number of benzene rings is 2. The molecule has 0 aliphatic carbocycles. The van der Waals surface area contributed by atoms with E-state index in [4.69, 9.17) is 0 Å². The van der Waals surface area contributed by atoms with Gasteiger partial charge in [0, 0.05) is 5.56 Å². The van der Waals surface area contributed by atoms with Crippen LogP contribution in [0, 0.1) is 0 Å². The van der Waals surface area contributed by atoms with Gasteiger partial charge in [-0.3, -0.25) is 4.79 Å². The summed E-state index contributed by atoms with van der Waals surface area (Å²) in [5, 5.41) is 9.70. The number of carbonyl (C=O) groups is 1. The second kappa shape index (κ2) is 6.41. The molecule has 4 rings (SSSR count). The van der Waals surface area contributed by atoms with Gasteiger partial charge in [0.2, 0.25) is 5.13 Å². The third kappa shape index (κ3) is 2.99. The molecule has 122 valence electrons. The molecule has 0 radical (unpaired) electrons. The zero-order valence-electron chi connectivity index (χ0n) is 13.5. The lowest BCUT2D eigenvalue weighted by molar-refractivity contribution is -0.113. The minimum Gasteiger partial charge on any atom is -0.266 e. The van der Waals surface area contributed by atoms with Crippen molar-refractivity contribution in [2.24, 2.45) is 4.99 Å². The Kier molecular flexibility index (Phi) is 3.95. The molecule has 0 unspecified atom stereocenters. The van der Waals surface area contributed by atoms with Crippen molar-refractivity contribution >= 4 is 34.3 Å². The van der Waals surface area contributed by atoms with Gasteiger partial charge in [0.1, 0.15) is 16.5 Å². The maximum absolute atomic E-state index is 12.7. The van der Waals surface area contributed by atoms with Gasteiger partial charge in [-0.05, 0) is 18.6 Å². The van der Waals surface area contributed by atoms with Crippen molar-refractivity contribution in [1.82, 2.24) is 10.2 Å². The topological polar surface area (TPSA) is 58.5 Å². The summed E-state index contributed by atoms with van der Waals surface area (Å²) in [7, 11) is 0. The highest BCUT2D eigenvalue weighted by molar-refractivity contribution is 7.18. The number of aliphatic imine (C=N–C) groups is 1. The van der Waals surface area contributed by atoms with Crippen LogP contribution in [0.2, 0.25) is 0 Å².